The number of methoxy groups -OCH3 is 2. The molecule has 2 atom stereocenters. The second-order valence-electron chi connectivity index (χ2n) is 8.09. The van der Waals surface area contributed by atoms with E-state index in [4.69, 9.17) is 9.47 Å². The monoisotopic (exact) mass is 408 g/mol. The van der Waals surface area contributed by atoms with Crippen molar-refractivity contribution in [3.05, 3.63) is 59.7 Å². The van der Waals surface area contributed by atoms with Crippen molar-refractivity contribution in [1.82, 2.24) is 10.2 Å². The number of amides is 2. The minimum Gasteiger partial charge on any atom is -0.497 e. The molecule has 1 heterocycles. The zero-order valence-corrected chi connectivity index (χ0v) is 17.5. The zero-order valence-electron chi connectivity index (χ0n) is 17.5. The van der Waals surface area contributed by atoms with E-state index in [2.05, 4.69) is 5.32 Å². The molecule has 1 aliphatic carbocycles. The van der Waals surface area contributed by atoms with Crippen molar-refractivity contribution < 1.29 is 19.1 Å². The number of benzene rings is 2. The molecule has 2 fully saturated rings. The molecular formula is C24H28N2O4. The number of hydrogen-bond donors (Lipinski definition) is 1. The molecule has 1 aliphatic heterocycles. The number of nitrogens with one attached hydrogen (secondary N) is 1. The molecular weight excluding hydrogens is 380 g/mol. The van der Waals surface area contributed by atoms with Gasteiger partial charge in [0, 0.05) is 42.7 Å². The Labute approximate surface area is 177 Å². The van der Waals surface area contributed by atoms with Crippen LogP contribution < -0.4 is 14.8 Å². The Morgan fingerprint density at radius 2 is 1.80 bits per heavy atom. The van der Waals surface area contributed by atoms with Crippen LogP contribution in [0.2, 0.25) is 0 Å². The van der Waals surface area contributed by atoms with E-state index in [1.807, 2.05) is 48.5 Å². The maximum absolute atomic E-state index is 13.1. The van der Waals surface area contributed by atoms with E-state index in [0.29, 0.717) is 42.6 Å². The van der Waals surface area contributed by atoms with Gasteiger partial charge in [0.15, 0.2) is 0 Å². The van der Waals surface area contributed by atoms with E-state index in [-0.39, 0.29) is 23.7 Å². The molecule has 1 N–H and O–H groups in total. The molecule has 4 rings (SSSR count). The van der Waals surface area contributed by atoms with Crippen LogP contribution in [0.4, 0.5) is 0 Å². The van der Waals surface area contributed by atoms with Crippen molar-refractivity contribution >= 4 is 11.8 Å². The molecule has 2 aliphatic rings. The van der Waals surface area contributed by atoms with Crippen LogP contribution in [0.3, 0.4) is 0 Å². The number of nitrogens with zero attached hydrogens (tertiary/aromatic N) is 1. The number of ether oxygens (including phenoxy) is 2. The highest BCUT2D eigenvalue weighted by molar-refractivity contribution is 5.95. The Hall–Kier alpha value is -3.02. The molecule has 0 aromatic heterocycles. The smallest absolute Gasteiger partial charge is 0.253 e. The molecule has 2 amide bonds. The lowest BCUT2D eigenvalue weighted by molar-refractivity contribution is -0.125. The molecule has 0 radical (unpaired) electrons. The van der Waals surface area contributed by atoms with Gasteiger partial charge in [0.25, 0.3) is 5.91 Å². The third kappa shape index (κ3) is 4.27. The Morgan fingerprint density at radius 1 is 1.03 bits per heavy atom. The normalized spacial score (nSPS) is 20.7. The average Bonchev–Trinajstić information content (AvgIpc) is 3.53. The minimum atomic E-state index is -0.321. The molecule has 0 bridgehead atoms. The maximum Gasteiger partial charge on any atom is 0.253 e. The third-order valence-corrected chi connectivity index (χ3v) is 6.07. The van der Waals surface area contributed by atoms with Gasteiger partial charge < -0.3 is 19.7 Å². The summed E-state index contributed by atoms with van der Waals surface area (Å²) >= 11 is 0. The fraction of sp³-hybridized carbons (Fsp3) is 0.417. The standard InChI is InChI=1S/C24H28N2O4/c1-29-18-10-11-19(22(12-18)30-2)20-14-26(24(28)17-6-4-3-5-7-17)15-21(20)23(27)25-13-16-8-9-16/h3-7,10-12,16,20-21H,8-9,13-15H2,1-2H3,(H,25,27)/t20-,21+/m0/s1. The number of carbonyl (C=O) groups is 2. The third-order valence-electron chi connectivity index (χ3n) is 6.07. The van der Waals surface area contributed by atoms with Crippen molar-refractivity contribution in [3.63, 3.8) is 0 Å². The van der Waals surface area contributed by atoms with Gasteiger partial charge in [-0.05, 0) is 37.0 Å². The summed E-state index contributed by atoms with van der Waals surface area (Å²) in [5, 5.41) is 3.10. The van der Waals surface area contributed by atoms with Gasteiger partial charge in [0.2, 0.25) is 5.91 Å². The zero-order chi connectivity index (χ0) is 21.1. The summed E-state index contributed by atoms with van der Waals surface area (Å²) in [6.07, 6.45) is 2.36. The highest BCUT2D eigenvalue weighted by atomic mass is 16.5. The van der Waals surface area contributed by atoms with Gasteiger partial charge in [-0.25, -0.2) is 0 Å². The summed E-state index contributed by atoms with van der Waals surface area (Å²) in [5.74, 6) is 1.47. The fourth-order valence-corrected chi connectivity index (χ4v) is 4.14. The largest absolute Gasteiger partial charge is 0.497 e. The van der Waals surface area contributed by atoms with Crippen LogP contribution in [0.25, 0.3) is 0 Å². The Morgan fingerprint density at radius 3 is 2.47 bits per heavy atom. The summed E-state index contributed by atoms with van der Waals surface area (Å²) in [6, 6.07) is 14.9. The summed E-state index contributed by atoms with van der Waals surface area (Å²) in [6.45, 7) is 1.58. The van der Waals surface area contributed by atoms with Crippen molar-refractivity contribution in [2.75, 3.05) is 33.9 Å². The number of rotatable bonds is 7. The SMILES string of the molecule is COc1ccc([C@@H]2CN(C(=O)c3ccccc3)C[C@H]2C(=O)NCC2CC2)c(OC)c1. The molecule has 0 spiro atoms. The van der Waals surface area contributed by atoms with Crippen LogP contribution in [0.1, 0.15) is 34.7 Å². The first-order chi connectivity index (χ1) is 14.6. The Balaban J connectivity index is 1.61. The van der Waals surface area contributed by atoms with Gasteiger partial charge in [-0.3, -0.25) is 9.59 Å². The van der Waals surface area contributed by atoms with Gasteiger partial charge in [-0.1, -0.05) is 24.3 Å². The molecule has 2 aromatic rings. The number of hydrogen-bond acceptors (Lipinski definition) is 4. The highest BCUT2D eigenvalue weighted by Gasteiger charge is 2.42. The van der Waals surface area contributed by atoms with Crippen LogP contribution in [0.15, 0.2) is 48.5 Å². The first-order valence-corrected chi connectivity index (χ1v) is 10.4. The Kier molecular flexibility index (Phi) is 5.93. The lowest BCUT2D eigenvalue weighted by Gasteiger charge is -2.21. The van der Waals surface area contributed by atoms with Crippen molar-refractivity contribution in [1.29, 1.82) is 0 Å². The van der Waals surface area contributed by atoms with Crippen LogP contribution in [0, 0.1) is 11.8 Å². The predicted molar refractivity (Wildman–Crippen MR) is 114 cm³/mol. The van der Waals surface area contributed by atoms with E-state index in [1.54, 1.807) is 19.1 Å². The predicted octanol–water partition coefficient (Wildman–Crippen LogP) is 3.09. The average molecular weight is 408 g/mol. The first kappa shape index (κ1) is 20.3. The van der Waals surface area contributed by atoms with E-state index in [1.165, 1.54) is 12.8 Å². The number of carbonyl (C=O) groups excluding carboxylic acids is 2. The van der Waals surface area contributed by atoms with Crippen molar-refractivity contribution in [2.45, 2.75) is 18.8 Å². The van der Waals surface area contributed by atoms with E-state index < -0.39 is 0 Å². The van der Waals surface area contributed by atoms with E-state index in [0.717, 1.165) is 5.56 Å². The topological polar surface area (TPSA) is 67.9 Å². The fourth-order valence-electron chi connectivity index (χ4n) is 4.14. The maximum atomic E-state index is 13.1. The van der Waals surface area contributed by atoms with Gasteiger partial charge in [0.05, 0.1) is 20.1 Å². The molecule has 158 valence electrons. The second kappa shape index (κ2) is 8.78. The molecule has 30 heavy (non-hydrogen) atoms. The minimum absolute atomic E-state index is 0.00753. The van der Waals surface area contributed by atoms with E-state index in [9.17, 15) is 9.59 Å². The molecule has 2 aromatic carbocycles. The van der Waals surface area contributed by atoms with Gasteiger partial charge in [0.1, 0.15) is 11.5 Å². The van der Waals surface area contributed by atoms with Crippen LogP contribution in [-0.2, 0) is 4.79 Å². The molecule has 6 nitrogen and oxygen atoms in total. The van der Waals surface area contributed by atoms with Crippen LogP contribution >= 0.6 is 0 Å². The van der Waals surface area contributed by atoms with Gasteiger partial charge in [-0.2, -0.15) is 0 Å². The van der Waals surface area contributed by atoms with Crippen LogP contribution in [-0.4, -0.2) is 50.6 Å². The van der Waals surface area contributed by atoms with Gasteiger partial charge in [-0.15, -0.1) is 0 Å². The molecule has 6 heteroatoms. The van der Waals surface area contributed by atoms with Crippen molar-refractivity contribution in [2.24, 2.45) is 11.8 Å². The van der Waals surface area contributed by atoms with Gasteiger partial charge >= 0.3 is 0 Å². The molecule has 0 unspecified atom stereocenters. The lowest BCUT2D eigenvalue weighted by Crippen LogP contribution is -2.36. The summed E-state index contributed by atoms with van der Waals surface area (Å²) in [7, 11) is 3.22. The quantitative estimate of drug-likeness (QED) is 0.765. The number of likely N-dealkylation sites (tertiary alicyclic amines) is 1. The first-order valence-electron chi connectivity index (χ1n) is 10.4. The Bertz CT molecular complexity index is 911. The molecule has 1 saturated carbocycles. The summed E-state index contributed by atoms with van der Waals surface area (Å²) < 4.78 is 10.9. The second-order valence-corrected chi connectivity index (χ2v) is 8.09. The van der Waals surface area contributed by atoms with E-state index >= 15 is 0 Å². The van der Waals surface area contributed by atoms with Crippen molar-refractivity contribution in [3.8, 4) is 11.5 Å². The lowest BCUT2D eigenvalue weighted by atomic mass is 9.87. The molecule has 1 saturated heterocycles. The van der Waals surface area contributed by atoms with Crippen LogP contribution in [0.5, 0.6) is 11.5 Å². The summed E-state index contributed by atoms with van der Waals surface area (Å²) in [5.41, 5.74) is 1.56. The summed E-state index contributed by atoms with van der Waals surface area (Å²) in [4.78, 5) is 27.9. The highest BCUT2D eigenvalue weighted by Crippen LogP contribution is 2.40.